The molecule has 1 saturated carbocycles. The number of H-pyrrole nitrogens is 2. The summed E-state index contributed by atoms with van der Waals surface area (Å²) in [6.45, 7) is 5.89. The monoisotopic (exact) mass is 689 g/mol. The molecule has 0 saturated heterocycles. The third-order valence-electron chi connectivity index (χ3n) is 8.49. The van der Waals surface area contributed by atoms with Crippen LogP contribution in [-0.2, 0) is 20.7 Å². The number of anilines is 1. The molecule has 0 unspecified atom stereocenters. The Labute approximate surface area is 288 Å². The third kappa shape index (κ3) is 9.50. The van der Waals surface area contributed by atoms with Gasteiger partial charge in [-0.1, -0.05) is 41.9 Å². The largest absolute Gasteiger partial charge is 0.478 e. The fourth-order valence-electron chi connectivity index (χ4n) is 5.95. The van der Waals surface area contributed by atoms with Gasteiger partial charge in [-0.05, 0) is 93.8 Å². The van der Waals surface area contributed by atoms with Crippen LogP contribution in [0.25, 0.3) is 22.2 Å². The number of carbonyl (C=O) groups excluding carboxylic acids is 3. The summed E-state index contributed by atoms with van der Waals surface area (Å²) in [4.78, 5) is 67.6. The molecule has 6 N–H and O–H groups in total. The van der Waals surface area contributed by atoms with Gasteiger partial charge in [-0.15, -0.1) is 0 Å². The van der Waals surface area contributed by atoms with Gasteiger partial charge in [0.1, 0.15) is 11.6 Å². The molecular weight excluding hydrogens is 650 g/mol. The highest BCUT2D eigenvalue weighted by Crippen LogP contribution is 2.31. The number of imidazole rings is 1. The van der Waals surface area contributed by atoms with Gasteiger partial charge in [0.2, 0.25) is 11.8 Å². The van der Waals surface area contributed by atoms with E-state index in [2.05, 4.69) is 25.9 Å². The summed E-state index contributed by atoms with van der Waals surface area (Å²) in [6, 6.07) is 15.9. The summed E-state index contributed by atoms with van der Waals surface area (Å²) in [5, 5.41) is 18.2. The number of aromatic nitrogens is 2. The zero-order chi connectivity index (χ0) is 35.3. The van der Waals surface area contributed by atoms with Crippen molar-refractivity contribution in [1.29, 1.82) is 0 Å². The number of benzene rings is 3. The van der Waals surface area contributed by atoms with Gasteiger partial charge in [-0.3, -0.25) is 9.59 Å². The Kier molecular flexibility index (Phi) is 10.8. The second kappa shape index (κ2) is 15.0. The molecule has 5 rings (SSSR count). The maximum atomic E-state index is 13.7. The Morgan fingerprint density at radius 2 is 1.63 bits per heavy atom. The van der Waals surface area contributed by atoms with Crippen LogP contribution in [0.3, 0.4) is 0 Å². The first-order chi connectivity index (χ1) is 23.2. The van der Waals surface area contributed by atoms with Gasteiger partial charge in [0, 0.05) is 35.2 Å². The minimum absolute atomic E-state index is 0.0860. The average Bonchev–Trinajstić information content (AvgIpc) is 3.42. The van der Waals surface area contributed by atoms with E-state index >= 15 is 0 Å². The van der Waals surface area contributed by atoms with Crippen molar-refractivity contribution in [3.63, 3.8) is 0 Å². The highest BCUT2D eigenvalue weighted by molar-refractivity contribution is 6.33. The van der Waals surface area contributed by atoms with Gasteiger partial charge in [-0.2, -0.15) is 0 Å². The Bertz CT molecular complexity index is 1900. The lowest BCUT2D eigenvalue weighted by Gasteiger charge is -2.29. The summed E-state index contributed by atoms with van der Waals surface area (Å²) in [7, 11) is 0. The normalized spacial score (nSPS) is 16.8. The number of fused-ring (bicyclic) bond motifs is 1. The van der Waals surface area contributed by atoms with E-state index in [0.717, 1.165) is 24.0 Å². The average molecular weight is 690 g/mol. The second-order valence-electron chi connectivity index (χ2n) is 13.4. The molecule has 0 radical (unpaired) electrons. The summed E-state index contributed by atoms with van der Waals surface area (Å²) in [5.41, 5.74) is 2.95. The van der Waals surface area contributed by atoms with Crippen LogP contribution < -0.4 is 21.6 Å². The van der Waals surface area contributed by atoms with Crippen LogP contribution >= 0.6 is 11.6 Å². The number of nitrogens with one attached hydrogen (secondary N) is 5. The van der Waals surface area contributed by atoms with Crippen LogP contribution in [0.4, 0.5) is 10.5 Å². The number of carboxylic acids is 1. The van der Waals surface area contributed by atoms with Crippen LogP contribution in [0.5, 0.6) is 0 Å². The lowest BCUT2D eigenvalue weighted by molar-refractivity contribution is -0.130. The number of hydrogen-bond donors (Lipinski definition) is 6. The van der Waals surface area contributed by atoms with Crippen molar-refractivity contribution in [1.82, 2.24) is 20.6 Å². The number of halogens is 1. The fourth-order valence-corrected chi connectivity index (χ4v) is 6.24. The molecule has 0 aliphatic heterocycles. The van der Waals surface area contributed by atoms with E-state index in [0.29, 0.717) is 46.7 Å². The molecule has 49 heavy (non-hydrogen) atoms. The Morgan fingerprint density at radius 1 is 0.939 bits per heavy atom. The van der Waals surface area contributed by atoms with Crippen molar-refractivity contribution in [2.75, 3.05) is 11.9 Å². The molecule has 4 aromatic rings. The number of hydrogen-bond acceptors (Lipinski definition) is 6. The topological polar surface area (TPSA) is 182 Å². The number of alkyl carbamates (subject to hydrolysis) is 1. The van der Waals surface area contributed by atoms with Crippen LogP contribution in [0.2, 0.25) is 5.02 Å². The van der Waals surface area contributed by atoms with E-state index in [9.17, 15) is 29.1 Å². The Morgan fingerprint density at radius 3 is 2.29 bits per heavy atom. The van der Waals surface area contributed by atoms with Crippen molar-refractivity contribution in [2.45, 2.75) is 64.5 Å². The molecule has 1 heterocycles. The molecule has 1 aliphatic carbocycles. The number of rotatable bonds is 10. The molecule has 1 atom stereocenters. The number of carboxylic acid groups (broad SMARTS) is 1. The molecule has 3 amide bonds. The zero-order valence-electron chi connectivity index (χ0n) is 27.5. The van der Waals surface area contributed by atoms with E-state index in [1.165, 1.54) is 12.1 Å². The van der Waals surface area contributed by atoms with Crippen molar-refractivity contribution < 1.29 is 29.0 Å². The smallest absolute Gasteiger partial charge is 0.407 e. The highest BCUT2D eigenvalue weighted by atomic mass is 35.5. The van der Waals surface area contributed by atoms with Crippen LogP contribution in [0, 0.1) is 11.8 Å². The van der Waals surface area contributed by atoms with E-state index < -0.39 is 29.6 Å². The van der Waals surface area contributed by atoms with Gasteiger partial charge in [-0.25, -0.2) is 14.4 Å². The van der Waals surface area contributed by atoms with Crippen LogP contribution in [0.1, 0.15) is 62.4 Å². The third-order valence-corrected chi connectivity index (χ3v) is 8.80. The molecule has 12 nitrogen and oxygen atoms in total. The minimum atomic E-state index is -1.07. The van der Waals surface area contributed by atoms with Gasteiger partial charge in [0.05, 0.1) is 16.6 Å². The molecule has 3 aromatic carbocycles. The summed E-state index contributed by atoms with van der Waals surface area (Å²) in [5.74, 6) is -1.77. The standard InChI is InChI=1S/C36H40ClN5O7/c1-36(2,3)49-35(48)38-19-21-6-10-23(11-7-21)31(43)40-30(32(44)39-25-13-15-28-29(18-25)42-34(47)41-28)16-20-4-8-22(9-5-20)26-14-12-24(33(45)46)17-27(26)37/h4-5,8-9,12-15,17-18,21,23,30H,6-7,10-11,16,19H2,1-3H3,(H,38,48)(H,39,44)(H,40,43)(H,45,46)(H2,41,42,47)/t21?,23?,30-/m0/s1. The molecule has 13 heteroatoms. The Hall–Kier alpha value is -5.10. The van der Waals surface area contributed by atoms with Crippen LogP contribution in [-0.4, -0.2) is 57.1 Å². The predicted octanol–water partition coefficient (Wildman–Crippen LogP) is 5.87. The van der Waals surface area contributed by atoms with Gasteiger partial charge >= 0.3 is 17.8 Å². The minimum Gasteiger partial charge on any atom is -0.478 e. The first-order valence-corrected chi connectivity index (χ1v) is 16.5. The number of carbonyl (C=O) groups is 4. The lowest BCUT2D eigenvalue weighted by Crippen LogP contribution is -2.48. The fraction of sp³-hybridized carbons (Fsp3) is 0.361. The van der Waals surface area contributed by atoms with E-state index in [-0.39, 0.29) is 35.4 Å². The molecule has 0 spiro atoms. The first kappa shape index (κ1) is 35.2. The molecule has 258 valence electrons. The second-order valence-corrected chi connectivity index (χ2v) is 13.8. The Balaban J connectivity index is 1.26. The van der Waals surface area contributed by atoms with Crippen molar-refractivity contribution in [3.8, 4) is 11.1 Å². The number of amides is 3. The quantitative estimate of drug-likeness (QED) is 0.120. The highest BCUT2D eigenvalue weighted by Gasteiger charge is 2.30. The van der Waals surface area contributed by atoms with E-state index in [1.54, 1.807) is 24.3 Å². The maximum Gasteiger partial charge on any atom is 0.407 e. The summed E-state index contributed by atoms with van der Waals surface area (Å²) in [6.07, 6.45) is 2.47. The predicted molar refractivity (Wildman–Crippen MR) is 187 cm³/mol. The van der Waals surface area contributed by atoms with E-state index in [4.69, 9.17) is 16.3 Å². The van der Waals surface area contributed by atoms with Crippen LogP contribution in [0.15, 0.2) is 65.5 Å². The molecule has 0 bridgehead atoms. The first-order valence-electron chi connectivity index (χ1n) is 16.2. The zero-order valence-corrected chi connectivity index (χ0v) is 28.3. The molecular formula is C36H40ClN5O7. The molecule has 1 aromatic heterocycles. The van der Waals surface area contributed by atoms with Gasteiger partial charge < -0.3 is 35.8 Å². The summed E-state index contributed by atoms with van der Waals surface area (Å²) < 4.78 is 5.32. The van der Waals surface area contributed by atoms with E-state index in [1.807, 2.05) is 45.0 Å². The van der Waals surface area contributed by atoms with Crippen molar-refractivity contribution in [3.05, 3.63) is 87.3 Å². The SMILES string of the molecule is CC(C)(C)OC(=O)NCC1CCC(C(=O)N[C@@H](Cc2ccc(-c3ccc(C(=O)O)cc3Cl)cc2)C(=O)Nc2ccc3[nH]c(=O)[nH]c3c2)CC1. The number of ether oxygens (including phenoxy) is 1. The lowest BCUT2D eigenvalue weighted by atomic mass is 9.81. The van der Waals surface area contributed by atoms with Crippen molar-refractivity contribution >= 4 is 52.2 Å². The molecule has 1 aliphatic rings. The maximum absolute atomic E-state index is 13.7. The van der Waals surface area contributed by atoms with Gasteiger partial charge in [0.15, 0.2) is 0 Å². The molecule has 1 fully saturated rings. The summed E-state index contributed by atoms with van der Waals surface area (Å²) >= 11 is 6.37. The van der Waals surface area contributed by atoms with Crippen molar-refractivity contribution in [2.24, 2.45) is 11.8 Å². The number of aromatic amines is 2. The van der Waals surface area contributed by atoms with Gasteiger partial charge in [0.25, 0.3) is 0 Å². The number of aromatic carboxylic acids is 1.